The van der Waals surface area contributed by atoms with Crippen LogP contribution in [0.3, 0.4) is 0 Å². The van der Waals surface area contributed by atoms with Gasteiger partial charge in [0.2, 0.25) is 0 Å². The number of carbonyl (C=O) groups excluding carboxylic acids is 1. The topological polar surface area (TPSA) is 55.1 Å². The van der Waals surface area contributed by atoms with Crippen molar-refractivity contribution in [3.8, 4) is 11.8 Å². The number of aryl methyl sites for hydroxylation is 1. The number of hydrogen-bond acceptors (Lipinski definition) is 3. The molecule has 1 amide bonds. The van der Waals surface area contributed by atoms with E-state index in [1.165, 1.54) is 11.3 Å². The van der Waals surface area contributed by atoms with E-state index in [1.54, 1.807) is 18.2 Å². The quantitative estimate of drug-likeness (QED) is 0.815. The van der Waals surface area contributed by atoms with Crippen LogP contribution in [0.2, 0.25) is 10.0 Å². The normalized spacial score (nSPS) is 9.90. The summed E-state index contributed by atoms with van der Waals surface area (Å²) in [7, 11) is 0. The first kappa shape index (κ1) is 15.9. The van der Waals surface area contributed by atoms with Crippen LogP contribution in [0.1, 0.15) is 20.8 Å². The van der Waals surface area contributed by atoms with E-state index in [1.807, 2.05) is 12.3 Å². The van der Waals surface area contributed by atoms with Gasteiger partial charge in [-0.15, -0.1) is 11.3 Å². The summed E-state index contributed by atoms with van der Waals surface area (Å²) >= 11 is 13.4. The van der Waals surface area contributed by atoms with Crippen molar-refractivity contribution in [2.45, 2.75) is 6.92 Å². The van der Waals surface area contributed by atoms with Crippen LogP contribution < -0.4 is 11.1 Å². The molecule has 0 atom stereocenters. The Balaban J connectivity index is 2.24. The zero-order valence-electron chi connectivity index (χ0n) is 11.2. The third kappa shape index (κ3) is 3.78. The molecular formula is C15H12Cl2N2OS. The van der Waals surface area contributed by atoms with E-state index >= 15 is 0 Å². The number of carbonyl (C=O) groups is 1. The van der Waals surface area contributed by atoms with Crippen molar-refractivity contribution in [1.82, 2.24) is 0 Å². The first-order chi connectivity index (χ1) is 10.0. The predicted octanol–water partition coefficient (Wildman–Crippen LogP) is 3.93. The fourth-order valence-electron chi connectivity index (χ4n) is 1.62. The van der Waals surface area contributed by atoms with E-state index in [4.69, 9.17) is 28.9 Å². The van der Waals surface area contributed by atoms with E-state index in [2.05, 4.69) is 17.2 Å². The first-order valence-corrected chi connectivity index (χ1v) is 7.70. The summed E-state index contributed by atoms with van der Waals surface area (Å²) in [5.41, 5.74) is 7.45. The molecule has 2 aromatic rings. The molecule has 0 radical (unpaired) electrons. The summed E-state index contributed by atoms with van der Waals surface area (Å²) in [6, 6.07) is 5.10. The van der Waals surface area contributed by atoms with Crippen LogP contribution in [0, 0.1) is 18.8 Å². The van der Waals surface area contributed by atoms with E-state index in [0.717, 1.165) is 5.56 Å². The first-order valence-electron chi connectivity index (χ1n) is 6.06. The lowest BCUT2D eigenvalue weighted by atomic mass is 10.2. The Morgan fingerprint density at radius 2 is 2.19 bits per heavy atom. The lowest BCUT2D eigenvalue weighted by Crippen LogP contribution is -2.10. The molecular weight excluding hydrogens is 327 g/mol. The van der Waals surface area contributed by atoms with Crippen molar-refractivity contribution in [3.05, 3.63) is 49.6 Å². The molecule has 0 fully saturated rings. The van der Waals surface area contributed by atoms with Crippen molar-refractivity contribution in [2.75, 3.05) is 11.9 Å². The molecule has 0 spiro atoms. The van der Waals surface area contributed by atoms with Gasteiger partial charge in [0.05, 0.1) is 16.6 Å². The summed E-state index contributed by atoms with van der Waals surface area (Å²) in [6.07, 6.45) is 0. The Labute approximate surface area is 137 Å². The van der Waals surface area contributed by atoms with Gasteiger partial charge in [-0.2, -0.15) is 0 Å². The van der Waals surface area contributed by atoms with Crippen molar-refractivity contribution < 1.29 is 4.79 Å². The number of hydrogen-bond donors (Lipinski definition) is 2. The van der Waals surface area contributed by atoms with Crippen LogP contribution in [-0.4, -0.2) is 12.5 Å². The summed E-state index contributed by atoms with van der Waals surface area (Å²) in [6.45, 7) is 2.11. The molecule has 0 aliphatic rings. The van der Waals surface area contributed by atoms with Crippen molar-refractivity contribution in [2.24, 2.45) is 5.73 Å². The zero-order valence-corrected chi connectivity index (χ0v) is 13.5. The predicted molar refractivity (Wildman–Crippen MR) is 89.4 cm³/mol. The summed E-state index contributed by atoms with van der Waals surface area (Å²) in [5, 5.41) is 5.62. The maximum atomic E-state index is 12.2. The minimum Gasteiger partial charge on any atom is -0.321 e. The molecule has 108 valence electrons. The average Bonchev–Trinajstić information content (AvgIpc) is 2.79. The van der Waals surface area contributed by atoms with Crippen LogP contribution in [0.5, 0.6) is 0 Å². The van der Waals surface area contributed by atoms with Crippen molar-refractivity contribution in [3.63, 3.8) is 0 Å². The van der Waals surface area contributed by atoms with Gasteiger partial charge >= 0.3 is 0 Å². The van der Waals surface area contributed by atoms with Gasteiger partial charge in [-0.05, 0) is 36.1 Å². The minimum atomic E-state index is -0.252. The number of amides is 1. The average molecular weight is 339 g/mol. The number of thiophene rings is 1. The van der Waals surface area contributed by atoms with Gasteiger partial charge in [-0.25, -0.2) is 0 Å². The van der Waals surface area contributed by atoms with Crippen LogP contribution in [0.15, 0.2) is 23.6 Å². The second-order valence-corrected chi connectivity index (χ2v) is 5.88. The highest BCUT2D eigenvalue weighted by atomic mass is 35.5. The van der Waals surface area contributed by atoms with Gasteiger partial charge < -0.3 is 11.1 Å². The molecule has 0 bridgehead atoms. The van der Waals surface area contributed by atoms with Crippen LogP contribution in [0.4, 0.5) is 5.69 Å². The molecule has 0 saturated carbocycles. The van der Waals surface area contributed by atoms with E-state index in [9.17, 15) is 4.79 Å². The minimum absolute atomic E-state index is 0.247. The van der Waals surface area contributed by atoms with Crippen molar-refractivity contribution >= 4 is 46.1 Å². The smallest absolute Gasteiger partial charge is 0.267 e. The summed E-state index contributed by atoms with van der Waals surface area (Å²) in [5.74, 6) is 5.34. The van der Waals surface area contributed by atoms with Gasteiger partial charge in [0.15, 0.2) is 0 Å². The number of rotatable bonds is 2. The molecule has 2 rings (SSSR count). The van der Waals surface area contributed by atoms with Gasteiger partial charge in [0.1, 0.15) is 4.88 Å². The molecule has 21 heavy (non-hydrogen) atoms. The summed E-state index contributed by atoms with van der Waals surface area (Å²) in [4.78, 5) is 12.7. The third-order valence-corrected chi connectivity index (χ3v) is 4.68. The third-order valence-electron chi connectivity index (χ3n) is 2.65. The molecule has 1 aromatic carbocycles. The SMILES string of the molecule is Cc1csc(C(=O)Nc2ccc(Cl)c(C#CCN)c2)c1Cl. The molecule has 0 aliphatic heterocycles. The molecule has 0 aliphatic carbocycles. The van der Waals surface area contributed by atoms with E-state index in [0.29, 0.717) is 26.2 Å². The Bertz CT molecular complexity index is 744. The van der Waals surface area contributed by atoms with E-state index < -0.39 is 0 Å². The monoisotopic (exact) mass is 338 g/mol. The lowest BCUT2D eigenvalue weighted by Gasteiger charge is -2.06. The summed E-state index contributed by atoms with van der Waals surface area (Å²) < 4.78 is 0. The number of anilines is 1. The van der Waals surface area contributed by atoms with Gasteiger partial charge in [0, 0.05) is 11.3 Å². The lowest BCUT2D eigenvalue weighted by molar-refractivity contribution is 0.103. The van der Waals surface area contributed by atoms with Crippen LogP contribution >= 0.6 is 34.5 Å². The van der Waals surface area contributed by atoms with Crippen LogP contribution in [0.25, 0.3) is 0 Å². The fraction of sp³-hybridized carbons (Fsp3) is 0.133. The Kier molecular flexibility index (Phi) is 5.27. The van der Waals surface area contributed by atoms with Crippen LogP contribution in [-0.2, 0) is 0 Å². The molecule has 1 heterocycles. The van der Waals surface area contributed by atoms with Gasteiger partial charge in [0.25, 0.3) is 5.91 Å². The Morgan fingerprint density at radius 3 is 2.81 bits per heavy atom. The molecule has 3 N–H and O–H groups in total. The standard InChI is InChI=1S/C15H12Cl2N2OS/c1-9-8-21-14(13(9)17)15(20)19-11-4-5-12(16)10(7-11)3-2-6-18/h4-5,7-8H,6,18H2,1H3,(H,19,20). The molecule has 3 nitrogen and oxygen atoms in total. The molecule has 0 unspecified atom stereocenters. The zero-order chi connectivity index (χ0) is 15.4. The number of benzene rings is 1. The van der Waals surface area contributed by atoms with Crippen molar-refractivity contribution in [1.29, 1.82) is 0 Å². The van der Waals surface area contributed by atoms with Gasteiger partial charge in [-0.1, -0.05) is 35.0 Å². The molecule has 6 heteroatoms. The highest BCUT2D eigenvalue weighted by Gasteiger charge is 2.15. The largest absolute Gasteiger partial charge is 0.321 e. The fourth-order valence-corrected chi connectivity index (χ4v) is 2.95. The van der Waals surface area contributed by atoms with Gasteiger partial charge in [-0.3, -0.25) is 4.79 Å². The highest BCUT2D eigenvalue weighted by Crippen LogP contribution is 2.28. The number of nitrogens with two attached hydrogens (primary N) is 1. The number of nitrogens with one attached hydrogen (secondary N) is 1. The maximum absolute atomic E-state index is 12.2. The highest BCUT2D eigenvalue weighted by molar-refractivity contribution is 7.13. The second kappa shape index (κ2) is 6.97. The molecule has 1 aromatic heterocycles. The number of halogens is 2. The Morgan fingerprint density at radius 1 is 1.43 bits per heavy atom. The second-order valence-electron chi connectivity index (χ2n) is 4.22. The Hall–Kier alpha value is -1.51. The molecule has 0 saturated heterocycles. The maximum Gasteiger partial charge on any atom is 0.267 e. The van der Waals surface area contributed by atoms with E-state index in [-0.39, 0.29) is 12.5 Å².